The fraction of sp³-hybridized carbons (Fsp3) is 0.824. The number of hydrogen-bond donors (Lipinski definition) is 1. The zero-order chi connectivity index (χ0) is 16.3. The van der Waals surface area contributed by atoms with Gasteiger partial charge in [0, 0.05) is 19.0 Å². The van der Waals surface area contributed by atoms with Gasteiger partial charge in [-0.05, 0) is 31.1 Å². The van der Waals surface area contributed by atoms with E-state index in [1.807, 2.05) is 20.8 Å². The van der Waals surface area contributed by atoms with Gasteiger partial charge in [0.25, 0.3) is 0 Å². The van der Waals surface area contributed by atoms with Crippen LogP contribution in [0.5, 0.6) is 0 Å². The molecule has 1 unspecified atom stereocenters. The van der Waals surface area contributed by atoms with Gasteiger partial charge in [0.05, 0.1) is 6.04 Å². The van der Waals surface area contributed by atoms with E-state index in [2.05, 4.69) is 5.32 Å². The van der Waals surface area contributed by atoms with E-state index in [0.717, 1.165) is 32.1 Å². The number of Topliss-reactive ketones (excluding diaryl/α,β-unsaturated/α-hetero) is 1. The Hall–Kier alpha value is -1.39. The summed E-state index contributed by atoms with van der Waals surface area (Å²) in [7, 11) is 0. The predicted molar refractivity (Wildman–Crippen MR) is 84.2 cm³/mol. The van der Waals surface area contributed by atoms with E-state index in [4.69, 9.17) is 0 Å². The van der Waals surface area contributed by atoms with E-state index in [9.17, 15) is 14.4 Å². The first kappa shape index (κ1) is 17.0. The molecule has 0 bridgehead atoms. The smallest absolute Gasteiger partial charge is 0.312 e. The number of carbonyl (C=O) groups excluding carboxylic acids is 3. The summed E-state index contributed by atoms with van der Waals surface area (Å²) in [6.07, 6.45) is 6.02. The zero-order valence-corrected chi connectivity index (χ0v) is 14.0. The molecule has 1 N–H and O–H groups in total. The van der Waals surface area contributed by atoms with Crippen molar-refractivity contribution < 1.29 is 14.4 Å². The number of ketones is 1. The molecular weight excluding hydrogens is 280 g/mol. The van der Waals surface area contributed by atoms with Gasteiger partial charge in [-0.1, -0.05) is 33.6 Å². The number of carbonyl (C=O) groups is 3. The highest BCUT2D eigenvalue weighted by atomic mass is 16.2. The largest absolute Gasteiger partial charge is 0.345 e. The summed E-state index contributed by atoms with van der Waals surface area (Å²) in [5.74, 6) is -0.994. The Morgan fingerprint density at radius 2 is 1.68 bits per heavy atom. The van der Waals surface area contributed by atoms with Crippen LogP contribution in [0.4, 0.5) is 0 Å². The summed E-state index contributed by atoms with van der Waals surface area (Å²) in [5, 5.41) is 2.82. The van der Waals surface area contributed by atoms with Crippen molar-refractivity contribution in [1.82, 2.24) is 10.2 Å². The standard InChI is InChI=1S/C17H28N2O3/c1-17(2,3)11-14(20)13-9-6-10-19(13)16(22)15(21)18-12-7-4-5-8-12/h12-13H,4-11H2,1-3H3,(H,18,21). The maximum Gasteiger partial charge on any atom is 0.312 e. The first-order chi connectivity index (χ1) is 10.3. The van der Waals surface area contributed by atoms with Crippen LogP contribution < -0.4 is 5.32 Å². The molecule has 1 saturated carbocycles. The molecule has 0 aromatic rings. The van der Waals surface area contributed by atoms with Crippen molar-refractivity contribution in [3.63, 3.8) is 0 Å². The highest BCUT2D eigenvalue weighted by Gasteiger charge is 2.38. The second-order valence-electron chi connectivity index (χ2n) is 7.82. The Morgan fingerprint density at radius 3 is 2.27 bits per heavy atom. The minimum Gasteiger partial charge on any atom is -0.345 e. The fourth-order valence-electron chi connectivity index (χ4n) is 3.43. The van der Waals surface area contributed by atoms with Gasteiger partial charge in [-0.2, -0.15) is 0 Å². The summed E-state index contributed by atoms with van der Waals surface area (Å²) in [5.41, 5.74) is -0.0967. The van der Waals surface area contributed by atoms with E-state index in [1.54, 1.807) is 0 Å². The van der Waals surface area contributed by atoms with Gasteiger partial charge in [-0.3, -0.25) is 14.4 Å². The Morgan fingerprint density at radius 1 is 1.05 bits per heavy atom. The van der Waals surface area contributed by atoms with Gasteiger partial charge in [-0.25, -0.2) is 0 Å². The van der Waals surface area contributed by atoms with Crippen LogP contribution in [0.15, 0.2) is 0 Å². The molecule has 2 rings (SSSR count). The van der Waals surface area contributed by atoms with Crippen LogP contribution in [-0.4, -0.2) is 41.1 Å². The molecule has 0 aromatic heterocycles. The molecule has 5 nitrogen and oxygen atoms in total. The Kier molecular flexibility index (Phi) is 5.24. The summed E-state index contributed by atoms with van der Waals surface area (Å²) in [6, 6.07) is -0.288. The summed E-state index contributed by atoms with van der Waals surface area (Å²) in [4.78, 5) is 38.4. The molecule has 1 heterocycles. The van der Waals surface area contributed by atoms with Gasteiger partial charge < -0.3 is 10.2 Å². The molecule has 1 aliphatic heterocycles. The SMILES string of the molecule is CC(C)(C)CC(=O)C1CCCN1C(=O)C(=O)NC1CCCC1. The molecule has 1 aliphatic carbocycles. The van der Waals surface area contributed by atoms with Crippen LogP contribution in [0.1, 0.15) is 65.7 Å². The minimum atomic E-state index is -0.539. The summed E-state index contributed by atoms with van der Waals surface area (Å²) < 4.78 is 0. The molecular formula is C17H28N2O3. The molecule has 0 spiro atoms. The van der Waals surface area contributed by atoms with Crippen molar-refractivity contribution in [3.8, 4) is 0 Å². The van der Waals surface area contributed by atoms with E-state index in [0.29, 0.717) is 19.4 Å². The van der Waals surface area contributed by atoms with Crippen LogP contribution in [0.2, 0.25) is 0 Å². The lowest BCUT2D eigenvalue weighted by atomic mass is 9.87. The van der Waals surface area contributed by atoms with Crippen molar-refractivity contribution in [2.24, 2.45) is 5.41 Å². The van der Waals surface area contributed by atoms with Crippen molar-refractivity contribution in [1.29, 1.82) is 0 Å². The average molecular weight is 308 g/mol. The average Bonchev–Trinajstić information content (AvgIpc) is 3.06. The van der Waals surface area contributed by atoms with Crippen molar-refractivity contribution in [2.75, 3.05) is 6.54 Å². The van der Waals surface area contributed by atoms with Crippen molar-refractivity contribution in [2.45, 2.75) is 77.8 Å². The zero-order valence-electron chi connectivity index (χ0n) is 14.0. The monoisotopic (exact) mass is 308 g/mol. The third kappa shape index (κ3) is 4.31. The molecule has 1 atom stereocenters. The molecule has 2 fully saturated rings. The quantitative estimate of drug-likeness (QED) is 0.811. The molecule has 2 amide bonds. The third-order valence-corrected chi connectivity index (χ3v) is 4.47. The molecule has 0 aromatic carbocycles. The van der Waals surface area contributed by atoms with Gasteiger partial charge in [0.15, 0.2) is 5.78 Å². The maximum atomic E-state index is 12.4. The first-order valence-electron chi connectivity index (χ1n) is 8.42. The van der Waals surface area contributed by atoms with E-state index < -0.39 is 17.9 Å². The number of nitrogens with zero attached hydrogens (tertiary/aromatic N) is 1. The number of likely N-dealkylation sites (tertiary alicyclic amines) is 1. The fourth-order valence-corrected chi connectivity index (χ4v) is 3.43. The summed E-state index contributed by atoms with van der Waals surface area (Å²) >= 11 is 0. The van der Waals surface area contributed by atoms with Crippen LogP contribution in [0.25, 0.3) is 0 Å². The molecule has 5 heteroatoms. The first-order valence-corrected chi connectivity index (χ1v) is 8.42. The molecule has 22 heavy (non-hydrogen) atoms. The Bertz CT molecular complexity index is 447. The second-order valence-corrected chi connectivity index (χ2v) is 7.82. The normalized spacial score (nSPS) is 22.9. The van der Waals surface area contributed by atoms with E-state index in [1.165, 1.54) is 4.90 Å². The highest BCUT2D eigenvalue weighted by molar-refractivity contribution is 6.35. The van der Waals surface area contributed by atoms with Gasteiger partial charge >= 0.3 is 11.8 Å². The topological polar surface area (TPSA) is 66.5 Å². The van der Waals surface area contributed by atoms with Gasteiger partial charge in [-0.15, -0.1) is 0 Å². The number of amides is 2. The van der Waals surface area contributed by atoms with E-state index in [-0.39, 0.29) is 17.2 Å². The van der Waals surface area contributed by atoms with Crippen LogP contribution in [-0.2, 0) is 14.4 Å². The minimum absolute atomic E-state index is 0.0759. The van der Waals surface area contributed by atoms with E-state index >= 15 is 0 Å². The maximum absolute atomic E-state index is 12.4. The number of rotatable bonds is 3. The molecule has 1 saturated heterocycles. The van der Waals surface area contributed by atoms with Crippen molar-refractivity contribution in [3.05, 3.63) is 0 Å². The lowest BCUT2D eigenvalue weighted by Crippen LogP contribution is -2.49. The number of hydrogen-bond acceptors (Lipinski definition) is 3. The lowest BCUT2D eigenvalue weighted by molar-refractivity contribution is -0.148. The highest BCUT2D eigenvalue weighted by Crippen LogP contribution is 2.26. The van der Waals surface area contributed by atoms with Crippen LogP contribution in [0, 0.1) is 5.41 Å². The van der Waals surface area contributed by atoms with Crippen LogP contribution >= 0.6 is 0 Å². The predicted octanol–water partition coefficient (Wildman–Crippen LogP) is 2.04. The van der Waals surface area contributed by atoms with Crippen LogP contribution in [0.3, 0.4) is 0 Å². The lowest BCUT2D eigenvalue weighted by Gasteiger charge is -2.26. The van der Waals surface area contributed by atoms with Gasteiger partial charge in [0.1, 0.15) is 0 Å². The molecule has 124 valence electrons. The summed E-state index contributed by atoms with van der Waals surface area (Å²) in [6.45, 7) is 6.55. The number of nitrogens with one attached hydrogen (secondary N) is 1. The Labute approximate surface area is 132 Å². The third-order valence-electron chi connectivity index (χ3n) is 4.47. The molecule has 0 radical (unpaired) electrons. The molecule has 2 aliphatic rings. The Balaban J connectivity index is 1.95. The van der Waals surface area contributed by atoms with Crippen molar-refractivity contribution >= 4 is 17.6 Å². The second kappa shape index (κ2) is 6.80. The van der Waals surface area contributed by atoms with Gasteiger partial charge in [0.2, 0.25) is 0 Å².